The highest BCUT2D eigenvalue weighted by Crippen LogP contribution is 2.36. The molecule has 0 saturated heterocycles. The van der Waals surface area contributed by atoms with Crippen LogP contribution in [0.15, 0.2) is 89.8 Å². The van der Waals surface area contributed by atoms with Crippen molar-refractivity contribution in [3.8, 4) is 5.75 Å². The molecule has 0 aliphatic rings. The molecule has 7 heteroatoms. The number of carbonyl (C=O) groups is 1. The molecule has 5 nitrogen and oxygen atoms in total. The maximum atomic E-state index is 13.9. The third kappa shape index (κ3) is 6.10. The van der Waals surface area contributed by atoms with Crippen molar-refractivity contribution in [3.05, 3.63) is 96.3 Å². The number of hydrogen-bond donors (Lipinski definition) is 1. The highest BCUT2D eigenvalue weighted by atomic mass is 32.2. The van der Waals surface area contributed by atoms with Crippen molar-refractivity contribution in [1.82, 2.24) is 0 Å². The number of hydrogen-bond acceptors (Lipinski definition) is 6. The summed E-state index contributed by atoms with van der Waals surface area (Å²) in [4.78, 5) is 15.3. The average Bonchev–Trinajstić information content (AvgIpc) is 2.90. The SMILES string of the molecule is COC(=O)CC(C)N(Cc1cccc(F)c1)c1ccc(NSc2ccc(OC)cc2)c2ccccc12. The monoisotopic (exact) mass is 504 g/mol. The summed E-state index contributed by atoms with van der Waals surface area (Å²) in [5, 5.41) is 2.08. The Balaban J connectivity index is 1.68. The molecular formula is C29H29FN2O3S. The Kier molecular flexibility index (Phi) is 8.33. The Bertz CT molecular complexity index is 1330. The zero-order valence-corrected chi connectivity index (χ0v) is 21.3. The summed E-state index contributed by atoms with van der Waals surface area (Å²) in [7, 11) is 3.04. The number of esters is 1. The first kappa shape index (κ1) is 25.4. The number of nitrogens with zero attached hydrogens (tertiary/aromatic N) is 1. The van der Waals surface area contributed by atoms with E-state index < -0.39 is 0 Å². The van der Waals surface area contributed by atoms with Crippen molar-refractivity contribution in [2.75, 3.05) is 23.8 Å². The quantitative estimate of drug-likeness (QED) is 0.184. The number of halogens is 1. The molecule has 0 amide bonds. The third-order valence-electron chi connectivity index (χ3n) is 6.01. The largest absolute Gasteiger partial charge is 0.497 e. The van der Waals surface area contributed by atoms with Gasteiger partial charge in [-0.05, 0) is 73.0 Å². The molecule has 4 aromatic rings. The molecule has 0 radical (unpaired) electrons. The van der Waals surface area contributed by atoms with E-state index in [1.165, 1.54) is 31.2 Å². The molecule has 0 fully saturated rings. The van der Waals surface area contributed by atoms with E-state index in [0.717, 1.165) is 38.4 Å². The molecule has 0 spiro atoms. The Labute approximate surface area is 215 Å². The number of ether oxygens (including phenoxy) is 2. The van der Waals surface area contributed by atoms with Crippen LogP contribution in [0.5, 0.6) is 5.75 Å². The van der Waals surface area contributed by atoms with E-state index in [1.54, 1.807) is 13.2 Å². The summed E-state index contributed by atoms with van der Waals surface area (Å²) in [6.45, 7) is 2.43. The van der Waals surface area contributed by atoms with Crippen LogP contribution in [0.25, 0.3) is 10.8 Å². The lowest BCUT2D eigenvalue weighted by Gasteiger charge is -2.32. The van der Waals surface area contributed by atoms with Gasteiger partial charge in [0.1, 0.15) is 11.6 Å². The second-order valence-corrected chi connectivity index (χ2v) is 9.32. The summed E-state index contributed by atoms with van der Waals surface area (Å²) < 4.78 is 27.6. The van der Waals surface area contributed by atoms with Crippen molar-refractivity contribution < 1.29 is 18.7 Å². The minimum atomic E-state index is -0.287. The van der Waals surface area contributed by atoms with E-state index in [9.17, 15) is 9.18 Å². The van der Waals surface area contributed by atoms with Crippen molar-refractivity contribution in [2.45, 2.75) is 30.8 Å². The van der Waals surface area contributed by atoms with Crippen LogP contribution in [0.3, 0.4) is 0 Å². The minimum Gasteiger partial charge on any atom is -0.497 e. The first-order valence-corrected chi connectivity index (χ1v) is 12.5. The summed E-state index contributed by atoms with van der Waals surface area (Å²) in [6.07, 6.45) is 0.216. The fourth-order valence-corrected chi connectivity index (χ4v) is 4.80. The number of fused-ring (bicyclic) bond motifs is 1. The van der Waals surface area contributed by atoms with E-state index in [-0.39, 0.29) is 24.2 Å². The predicted molar refractivity (Wildman–Crippen MR) is 145 cm³/mol. The molecule has 186 valence electrons. The van der Waals surface area contributed by atoms with Gasteiger partial charge in [-0.15, -0.1) is 0 Å². The summed E-state index contributed by atoms with van der Waals surface area (Å²) >= 11 is 1.52. The van der Waals surface area contributed by atoms with Crippen LogP contribution in [0, 0.1) is 5.82 Å². The van der Waals surface area contributed by atoms with E-state index in [4.69, 9.17) is 9.47 Å². The number of anilines is 2. The van der Waals surface area contributed by atoms with Gasteiger partial charge in [0.05, 0.1) is 26.3 Å². The molecule has 1 N–H and O–H groups in total. The Morgan fingerprint density at radius 3 is 2.42 bits per heavy atom. The highest BCUT2D eigenvalue weighted by Gasteiger charge is 2.21. The third-order valence-corrected chi connectivity index (χ3v) is 6.84. The molecule has 4 aromatic carbocycles. The standard InChI is InChI=1S/C29H29FN2O3S/c1-20(17-29(33)35-3)32(19-21-7-6-8-22(30)18-21)28-16-15-27(25-9-4-5-10-26(25)28)31-36-24-13-11-23(34-2)12-14-24/h4-16,18,20,31H,17,19H2,1-3H3. The fraction of sp³-hybridized carbons (Fsp3) is 0.207. The Morgan fingerprint density at radius 2 is 1.72 bits per heavy atom. The molecule has 4 rings (SSSR count). The first-order valence-electron chi connectivity index (χ1n) is 11.6. The van der Waals surface area contributed by atoms with E-state index in [1.807, 2.05) is 61.5 Å². The van der Waals surface area contributed by atoms with Gasteiger partial charge >= 0.3 is 5.97 Å². The number of rotatable bonds is 10. The molecule has 1 atom stereocenters. The van der Waals surface area contributed by atoms with Crippen LogP contribution in [-0.2, 0) is 16.1 Å². The lowest BCUT2D eigenvalue weighted by atomic mass is 10.0. The summed E-state index contributed by atoms with van der Waals surface area (Å²) in [6, 6.07) is 26.5. The fourth-order valence-electron chi connectivity index (χ4n) is 4.13. The average molecular weight is 505 g/mol. The second kappa shape index (κ2) is 11.8. The van der Waals surface area contributed by atoms with Crippen LogP contribution in [-0.4, -0.2) is 26.2 Å². The van der Waals surface area contributed by atoms with Crippen LogP contribution < -0.4 is 14.4 Å². The maximum Gasteiger partial charge on any atom is 0.307 e. The lowest BCUT2D eigenvalue weighted by Crippen LogP contribution is -2.34. The summed E-state index contributed by atoms with van der Waals surface area (Å²) in [5.74, 6) is 0.242. The molecule has 0 aliphatic carbocycles. The normalized spacial score (nSPS) is 11.7. The van der Waals surface area contributed by atoms with Crippen LogP contribution >= 0.6 is 11.9 Å². The topological polar surface area (TPSA) is 50.8 Å². The van der Waals surface area contributed by atoms with Crippen molar-refractivity contribution in [3.63, 3.8) is 0 Å². The summed E-state index contributed by atoms with van der Waals surface area (Å²) in [5.41, 5.74) is 2.76. The van der Waals surface area contributed by atoms with Gasteiger partial charge in [-0.25, -0.2) is 4.39 Å². The van der Waals surface area contributed by atoms with Gasteiger partial charge in [0.15, 0.2) is 0 Å². The zero-order chi connectivity index (χ0) is 25.5. The van der Waals surface area contributed by atoms with Gasteiger partial charge in [0, 0.05) is 33.9 Å². The first-order chi connectivity index (χ1) is 17.5. The molecule has 0 heterocycles. The van der Waals surface area contributed by atoms with Gasteiger partial charge < -0.3 is 19.1 Å². The molecule has 36 heavy (non-hydrogen) atoms. The highest BCUT2D eigenvalue weighted by molar-refractivity contribution is 8.00. The number of benzene rings is 4. The van der Waals surface area contributed by atoms with Crippen molar-refractivity contribution >= 4 is 40.1 Å². The smallest absolute Gasteiger partial charge is 0.307 e. The number of carbonyl (C=O) groups excluding carboxylic acids is 1. The van der Waals surface area contributed by atoms with Gasteiger partial charge in [0.2, 0.25) is 0 Å². The molecule has 0 aromatic heterocycles. The maximum absolute atomic E-state index is 13.9. The van der Waals surface area contributed by atoms with Crippen LogP contribution in [0.4, 0.5) is 15.8 Å². The van der Waals surface area contributed by atoms with Gasteiger partial charge in [-0.1, -0.05) is 36.4 Å². The van der Waals surface area contributed by atoms with E-state index >= 15 is 0 Å². The lowest BCUT2D eigenvalue weighted by molar-refractivity contribution is -0.140. The van der Waals surface area contributed by atoms with Crippen molar-refractivity contribution in [1.29, 1.82) is 0 Å². The molecule has 0 saturated carbocycles. The van der Waals surface area contributed by atoms with Gasteiger partial charge in [0.25, 0.3) is 0 Å². The molecular weight excluding hydrogens is 475 g/mol. The second-order valence-electron chi connectivity index (χ2n) is 8.44. The van der Waals surface area contributed by atoms with Crippen LogP contribution in [0.1, 0.15) is 18.9 Å². The number of nitrogens with one attached hydrogen (secondary N) is 1. The predicted octanol–water partition coefficient (Wildman–Crippen LogP) is 7.06. The van der Waals surface area contributed by atoms with Crippen LogP contribution in [0.2, 0.25) is 0 Å². The van der Waals surface area contributed by atoms with Gasteiger partial charge in [-0.2, -0.15) is 0 Å². The zero-order valence-electron chi connectivity index (χ0n) is 20.5. The van der Waals surface area contributed by atoms with Crippen molar-refractivity contribution in [2.24, 2.45) is 0 Å². The Morgan fingerprint density at radius 1 is 0.972 bits per heavy atom. The van der Waals surface area contributed by atoms with Gasteiger partial charge in [-0.3, -0.25) is 4.79 Å². The van der Waals surface area contributed by atoms with E-state index in [2.05, 4.69) is 21.8 Å². The Hall–Kier alpha value is -3.71. The minimum absolute atomic E-state index is 0.170. The number of methoxy groups -OCH3 is 2. The molecule has 0 aliphatic heterocycles. The molecule has 0 bridgehead atoms. The van der Waals surface area contributed by atoms with E-state index in [0.29, 0.717) is 6.54 Å². The molecule has 1 unspecified atom stereocenters.